The molecule has 148 valence electrons. The number of ether oxygens (including phenoxy) is 2. The van der Waals surface area contributed by atoms with Crippen LogP contribution in [0.15, 0.2) is 21.9 Å². The predicted molar refractivity (Wildman–Crippen MR) is 88.7 cm³/mol. The van der Waals surface area contributed by atoms with E-state index in [1.807, 2.05) is 0 Å². The van der Waals surface area contributed by atoms with E-state index in [1.54, 1.807) is 4.90 Å². The van der Waals surface area contributed by atoms with Crippen LogP contribution < -0.4 is 4.90 Å². The highest BCUT2D eigenvalue weighted by molar-refractivity contribution is 7.98. The van der Waals surface area contributed by atoms with Gasteiger partial charge in [0.15, 0.2) is 5.16 Å². The molecule has 27 heavy (non-hydrogen) atoms. The fourth-order valence-corrected chi connectivity index (χ4v) is 3.46. The average Bonchev–Trinajstić information content (AvgIpc) is 3.25. The maximum Gasteiger partial charge on any atom is 0.406 e. The standard InChI is InChI=1S/C15H17F3N4O4S/c1-24-12(23)10-2-5-26-11(10)8-27-14-20-19-13(21-3-6-25-7-4-21)22(14)9-15(16,17)18/h2,5H,3-4,6-9H2,1H3. The van der Waals surface area contributed by atoms with Gasteiger partial charge in [-0.15, -0.1) is 10.2 Å². The summed E-state index contributed by atoms with van der Waals surface area (Å²) in [6, 6.07) is 1.45. The summed E-state index contributed by atoms with van der Waals surface area (Å²) in [5.41, 5.74) is 0.222. The molecule has 0 unspecified atom stereocenters. The highest BCUT2D eigenvalue weighted by atomic mass is 32.2. The molecule has 0 N–H and O–H groups in total. The van der Waals surface area contributed by atoms with Gasteiger partial charge in [0.1, 0.15) is 17.9 Å². The van der Waals surface area contributed by atoms with Crippen molar-refractivity contribution in [2.45, 2.75) is 23.6 Å². The van der Waals surface area contributed by atoms with E-state index in [0.717, 1.165) is 16.3 Å². The molecule has 0 amide bonds. The third kappa shape index (κ3) is 4.75. The van der Waals surface area contributed by atoms with Crippen molar-refractivity contribution in [1.29, 1.82) is 0 Å². The summed E-state index contributed by atoms with van der Waals surface area (Å²) < 4.78 is 55.4. The smallest absolute Gasteiger partial charge is 0.406 e. The van der Waals surface area contributed by atoms with Crippen LogP contribution >= 0.6 is 11.8 Å². The molecule has 1 saturated heterocycles. The normalized spacial score (nSPS) is 15.2. The number of aromatic nitrogens is 3. The number of morpholine rings is 1. The SMILES string of the molecule is COC(=O)c1ccoc1CSc1nnc(N2CCOCC2)n1CC(F)(F)F. The van der Waals surface area contributed by atoms with Gasteiger partial charge in [0, 0.05) is 13.1 Å². The molecule has 0 radical (unpaired) electrons. The molecule has 0 atom stereocenters. The number of alkyl halides is 3. The summed E-state index contributed by atoms with van der Waals surface area (Å²) in [7, 11) is 1.24. The average molecular weight is 406 g/mol. The number of carbonyl (C=O) groups is 1. The molecule has 0 spiro atoms. The van der Waals surface area contributed by atoms with Gasteiger partial charge in [-0.2, -0.15) is 13.2 Å². The fraction of sp³-hybridized carbons (Fsp3) is 0.533. The fourth-order valence-electron chi connectivity index (χ4n) is 2.58. The second-order valence-electron chi connectivity index (χ2n) is 5.62. The van der Waals surface area contributed by atoms with Crippen molar-refractivity contribution in [3.8, 4) is 0 Å². The topological polar surface area (TPSA) is 82.6 Å². The van der Waals surface area contributed by atoms with E-state index in [4.69, 9.17) is 9.15 Å². The minimum atomic E-state index is -4.43. The number of esters is 1. The van der Waals surface area contributed by atoms with Crippen LogP contribution in [0, 0.1) is 0 Å². The number of hydrogen-bond donors (Lipinski definition) is 0. The minimum absolute atomic E-state index is 0.0843. The van der Waals surface area contributed by atoms with Crippen LogP contribution in [0.1, 0.15) is 16.1 Å². The molecule has 12 heteroatoms. The lowest BCUT2D eigenvalue weighted by molar-refractivity contribution is -0.141. The molecule has 0 saturated carbocycles. The molecule has 0 bridgehead atoms. The Hall–Kier alpha value is -2.21. The van der Waals surface area contributed by atoms with Gasteiger partial charge in [-0.3, -0.25) is 4.57 Å². The van der Waals surface area contributed by atoms with Crippen LogP contribution in [0.5, 0.6) is 0 Å². The third-order valence-corrected chi connectivity index (χ3v) is 4.78. The van der Waals surface area contributed by atoms with Gasteiger partial charge in [-0.05, 0) is 6.07 Å². The van der Waals surface area contributed by atoms with Gasteiger partial charge in [-0.25, -0.2) is 4.79 Å². The monoisotopic (exact) mass is 406 g/mol. The number of methoxy groups -OCH3 is 1. The minimum Gasteiger partial charge on any atom is -0.468 e. The number of hydrogen-bond acceptors (Lipinski definition) is 8. The summed E-state index contributed by atoms with van der Waals surface area (Å²) in [5.74, 6) is -0.0338. The van der Waals surface area contributed by atoms with E-state index in [-0.39, 0.29) is 22.4 Å². The highest BCUT2D eigenvalue weighted by Crippen LogP contribution is 2.30. The van der Waals surface area contributed by atoms with Crippen LogP contribution in [0.2, 0.25) is 0 Å². The summed E-state index contributed by atoms with van der Waals surface area (Å²) >= 11 is 1.00. The van der Waals surface area contributed by atoms with Crippen molar-refractivity contribution in [3.05, 3.63) is 23.7 Å². The van der Waals surface area contributed by atoms with Crippen LogP contribution in [0.3, 0.4) is 0 Å². The van der Waals surface area contributed by atoms with E-state index in [9.17, 15) is 18.0 Å². The molecule has 0 aliphatic carbocycles. The highest BCUT2D eigenvalue weighted by Gasteiger charge is 2.33. The van der Waals surface area contributed by atoms with E-state index in [0.29, 0.717) is 32.1 Å². The Morgan fingerprint density at radius 3 is 2.74 bits per heavy atom. The number of nitrogens with zero attached hydrogens (tertiary/aromatic N) is 4. The Labute approximate surface area is 156 Å². The van der Waals surface area contributed by atoms with E-state index >= 15 is 0 Å². The lowest BCUT2D eigenvalue weighted by atomic mass is 10.3. The largest absolute Gasteiger partial charge is 0.468 e. The molecule has 0 aromatic carbocycles. The molecular formula is C15H17F3N4O4S. The van der Waals surface area contributed by atoms with Gasteiger partial charge in [0.05, 0.1) is 32.3 Å². The first-order chi connectivity index (χ1) is 12.9. The summed E-state index contributed by atoms with van der Waals surface area (Å²) in [5, 5.41) is 7.93. The molecule has 8 nitrogen and oxygen atoms in total. The molecule has 1 fully saturated rings. The van der Waals surface area contributed by atoms with Crippen molar-refractivity contribution in [3.63, 3.8) is 0 Å². The molecule has 2 aromatic heterocycles. The van der Waals surface area contributed by atoms with Gasteiger partial charge >= 0.3 is 12.1 Å². The van der Waals surface area contributed by atoms with Crippen LogP contribution in [0.4, 0.5) is 19.1 Å². The summed E-state index contributed by atoms with van der Waals surface area (Å²) in [4.78, 5) is 13.4. The zero-order chi connectivity index (χ0) is 19.4. The van der Waals surface area contributed by atoms with E-state index in [1.165, 1.54) is 19.4 Å². The zero-order valence-electron chi connectivity index (χ0n) is 14.4. The zero-order valence-corrected chi connectivity index (χ0v) is 15.2. The third-order valence-electron chi connectivity index (χ3n) is 3.81. The Kier molecular flexibility index (Phi) is 5.95. The molecule has 2 aromatic rings. The second-order valence-corrected chi connectivity index (χ2v) is 6.56. The van der Waals surface area contributed by atoms with Gasteiger partial charge in [0.25, 0.3) is 0 Å². The van der Waals surface area contributed by atoms with Crippen molar-refractivity contribution in [1.82, 2.24) is 14.8 Å². The lowest BCUT2D eigenvalue weighted by Gasteiger charge is -2.28. The molecule has 1 aliphatic heterocycles. The molecule has 3 heterocycles. The van der Waals surface area contributed by atoms with E-state index < -0.39 is 18.7 Å². The Morgan fingerprint density at radius 2 is 2.07 bits per heavy atom. The quantitative estimate of drug-likeness (QED) is 0.534. The number of carbonyl (C=O) groups excluding carboxylic acids is 1. The van der Waals surface area contributed by atoms with Crippen molar-refractivity contribution < 1.29 is 31.9 Å². The maximum atomic E-state index is 13.1. The Bertz CT molecular complexity index is 786. The first kappa shape index (κ1) is 19.5. The van der Waals surface area contributed by atoms with Gasteiger partial charge in [0.2, 0.25) is 5.95 Å². The van der Waals surface area contributed by atoms with Crippen molar-refractivity contribution in [2.24, 2.45) is 0 Å². The number of rotatable bonds is 6. The first-order valence-corrected chi connectivity index (χ1v) is 8.97. The number of halogens is 3. The predicted octanol–water partition coefficient (Wildman–Crippen LogP) is 2.35. The van der Waals surface area contributed by atoms with Crippen molar-refractivity contribution >= 4 is 23.7 Å². The van der Waals surface area contributed by atoms with E-state index in [2.05, 4.69) is 14.9 Å². The second kappa shape index (κ2) is 8.21. The number of furan rings is 1. The number of anilines is 1. The summed E-state index contributed by atoms with van der Waals surface area (Å²) in [6.45, 7) is 0.486. The Balaban J connectivity index is 1.81. The first-order valence-electron chi connectivity index (χ1n) is 7.99. The Morgan fingerprint density at radius 1 is 1.33 bits per heavy atom. The van der Waals surface area contributed by atoms with Crippen molar-refractivity contribution in [2.75, 3.05) is 38.3 Å². The van der Waals surface area contributed by atoms with Crippen LogP contribution in [0.25, 0.3) is 0 Å². The maximum absolute atomic E-state index is 13.1. The molecular weight excluding hydrogens is 389 g/mol. The van der Waals surface area contributed by atoms with Gasteiger partial charge < -0.3 is 18.8 Å². The van der Waals surface area contributed by atoms with Crippen LogP contribution in [-0.4, -0.2) is 60.3 Å². The lowest BCUT2D eigenvalue weighted by Crippen LogP contribution is -2.38. The summed E-state index contributed by atoms with van der Waals surface area (Å²) in [6.07, 6.45) is -3.11. The van der Waals surface area contributed by atoms with Crippen LogP contribution in [-0.2, 0) is 21.8 Å². The number of thioether (sulfide) groups is 1. The molecule has 1 aliphatic rings. The van der Waals surface area contributed by atoms with Gasteiger partial charge in [-0.1, -0.05) is 11.8 Å². The molecule has 3 rings (SSSR count).